The fraction of sp³-hybridized carbons (Fsp3) is 0.316. The Bertz CT molecular complexity index is 750. The van der Waals surface area contributed by atoms with Crippen LogP contribution >= 0.6 is 11.6 Å². The van der Waals surface area contributed by atoms with Gasteiger partial charge in [-0.05, 0) is 49.6 Å². The predicted molar refractivity (Wildman–Crippen MR) is 95.3 cm³/mol. The molecule has 0 fully saturated rings. The highest BCUT2D eigenvalue weighted by Crippen LogP contribution is 2.31. The minimum absolute atomic E-state index is 0.0271. The summed E-state index contributed by atoms with van der Waals surface area (Å²) in [4.78, 5) is 14.4. The number of carbonyl (C=O) groups is 1. The summed E-state index contributed by atoms with van der Waals surface area (Å²) < 4.78 is 13.7. The molecule has 0 bridgehead atoms. The van der Waals surface area contributed by atoms with Gasteiger partial charge in [0.25, 0.3) is 5.91 Å². The van der Waals surface area contributed by atoms with Crippen LogP contribution in [0.3, 0.4) is 0 Å². The Kier molecular flexibility index (Phi) is 5.05. The van der Waals surface area contributed by atoms with Crippen LogP contribution in [0.15, 0.2) is 42.5 Å². The SMILES string of the molecule is C[C@@H]1Cc2ccccc2N1CCCNC(=O)c1ccc(Cl)cc1F. The molecule has 0 saturated carbocycles. The minimum atomic E-state index is -0.595. The van der Waals surface area contributed by atoms with Crippen LogP contribution in [0.1, 0.15) is 29.3 Å². The molecule has 1 amide bonds. The number of benzene rings is 2. The summed E-state index contributed by atoms with van der Waals surface area (Å²) in [7, 11) is 0. The van der Waals surface area contributed by atoms with Crippen LogP contribution in [0.2, 0.25) is 5.02 Å². The summed E-state index contributed by atoms with van der Waals surface area (Å²) in [5.41, 5.74) is 2.68. The number of nitrogens with zero attached hydrogens (tertiary/aromatic N) is 1. The van der Waals surface area contributed by atoms with E-state index in [4.69, 9.17) is 11.6 Å². The molecule has 1 aliphatic heterocycles. The van der Waals surface area contributed by atoms with Gasteiger partial charge in [-0.1, -0.05) is 29.8 Å². The molecule has 0 saturated heterocycles. The van der Waals surface area contributed by atoms with Crippen molar-refractivity contribution >= 4 is 23.2 Å². The van der Waals surface area contributed by atoms with Crippen molar-refractivity contribution in [3.05, 3.63) is 64.4 Å². The summed E-state index contributed by atoms with van der Waals surface area (Å²) in [6.45, 7) is 3.58. The molecule has 2 aromatic rings. The highest BCUT2D eigenvalue weighted by Gasteiger charge is 2.24. The van der Waals surface area contributed by atoms with Gasteiger partial charge in [0.1, 0.15) is 5.82 Å². The number of rotatable bonds is 5. The number of carbonyl (C=O) groups excluding carboxylic acids is 1. The molecule has 1 atom stereocenters. The van der Waals surface area contributed by atoms with E-state index in [1.165, 1.54) is 23.4 Å². The van der Waals surface area contributed by atoms with Gasteiger partial charge >= 0.3 is 0 Å². The fourth-order valence-electron chi connectivity index (χ4n) is 3.19. The molecule has 3 rings (SSSR count). The zero-order valence-corrected chi connectivity index (χ0v) is 14.3. The highest BCUT2D eigenvalue weighted by atomic mass is 35.5. The van der Waals surface area contributed by atoms with Crippen molar-refractivity contribution in [1.29, 1.82) is 0 Å². The molecule has 0 unspecified atom stereocenters. The van der Waals surface area contributed by atoms with Crippen molar-refractivity contribution in [2.45, 2.75) is 25.8 Å². The topological polar surface area (TPSA) is 32.3 Å². The van der Waals surface area contributed by atoms with Crippen molar-refractivity contribution in [2.75, 3.05) is 18.0 Å². The fourth-order valence-corrected chi connectivity index (χ4v) is 3.35. The van der Waals surface area contributed by atoms with Crippen LogP contribution in [0, 0.1) is 5.82 Å². The summed E-state index contributed by atoms with van der Waals surface area (Å²) in [5.74, 6) is -0.999. The molecule has 0 aromatic heterocycles. The van der Waals surface area contributed by atoms with Crippen molar-refractivity contribution in [1.82, 2.24) is 5.32 Å². The second kappa shape index (κ2) is 7.22. The first-order valence-electron chi connectivity index (χ1n) is 8.14. The van der Waals surface area contributed by atoms with E-state index in [0.717, 1.165) is 25.5 Å². The number of fused-ring (bicyclic) bond motifs is 1. The maximum absolute atomic E-state index is 13.7. The first kappa shape index (κ1) is 16.8. The Morgan fingerprint density at radius 2 is 2.12 bits per heavy atom. The maximum atomic E-state index is 13.7. The highest BCUT2D eigenvalue weighted by molar-refractivity contribution is 6.30. The molecule has 0 spiro atoms. The van der Waals surface area contributed by atoms with Gasteiger partial charge in [-0.25, -0.2) is 4.39 Å². The van der Waals surface area contributed by atoms with Crippen molar-refractivity contribution in [3.63, 3.8) is 0 Å². The van der Waals surface area contributed by atoms with Crippen molar-refractivity contribution in [2.24, 2.45) is 0 Å². The van der Waals surface area contributed by atoms with Crippen LogP contribution in [-0.2, 0) is 6.42 Å². The molecule has 2 aromatic carbocycles. The van der Waals surface area contributed by atoms with Gasteiger partial charge in [0.15, 0.2) is 0 Å². The lowest BCUT2D eigenvalue weighted by Crippen LogP contribution is -2.33. The zero-order chi connectivity index (χ0) is 17.1. The van der Waals surface area contributed by atoms with E-state index < -0.39 is 11.7 Å². The van der Waals surface area contributed by atoms with Gasteiger partial charge in [-0.15, -0.1) is 0 Å². The third-order valence-electron chi connectivity index (χ3n) is 4.39. The molecule has 126 valence electrons. The van der Waals surface area contributed by atoms with Crippen LogP contribution < -0.4 is 10.2 Å². The van der Waals surface area contributed by atoms with E-state index in [-0.39, 0.29) is 10.6 Å². The maximum Gasteiger partial charge on any atom is 0.254 e. The first-order valence-corrected chi connectivity index (χ1v) is 8.52. The summed E-state index contributed by atoms with van der Waals surface area (Å²) >= 11 is 5.70. The number of amides is 1. The number of para-hydroxylation sites is 1. The lowest BCUT2D eigenvalue weighted by atomic mass is 10.1. The van der Waals surface area contributed by atoms with Crippen molar-refractivity contribution in [3.8, 4) is 0 Å². The number of hydrogen-bond acceptors (Lipinski definition) is 2. The lowest BCUT2D eigenvalue weighted by molar-refractivity contribution is 0.0949. The second-order valence-corrected chi connectivity index (χ2v) is 6.55. The van der Waals surface area contributed by atoms with E-state index in [1.807, 2.05) is 0 Å². The largest absolute Gasteiger partial charge is 0.368 e. The van der Waals surface area contributed by atoms with E-state index in [0.29, 0.717) is 12.6 Å². The van der Waals surface area contributed by atoms with Gasteiger partial charge < -0.3 is 10.2 Å². The molecular formula is C19H20ClFN2O. The van der Waals surface area contributed by atoms with Gasteiger partial charge in [0, 0.05) is 29.8 Å². The third-order valence-corrected chi connectivity index (χ3v) is 4.62. The number of hydrogen-bond donors (Lipinski definition) is 1. The second-order valence-electron chi connectivity index (χ2n) is 6.11. The van der Waals surface area contributed by atoms with E-state index in [2.05, 4.69) is 41.4 Å². The normalized spacial score (nSPS) is 16.1. The Morgan fingerprint density at radius 3 is 2.92 bits per heavy atom. The van der Waals surface area contributed by atoms with Gasteiger partial charge in [-0.2, -0.15) is 0 Å². The van der Waals surface area contributed by atoms with Gasteiger partial charge in [-0.3, -0.25) is 4.79 Å². The monoisotopic (exact) mass is 346 g/mol. The summed E-state index contributed by atoms with van der Waals surface area (Å²) in [6.07, 6.45) is 1.86. The molecule has 3 nitrogen and oxygen atoms in total. The quantitative estimate of drug-likeness (QED) is 0.828. The zero-order valence-electron chi connectivity index (χ0n) is 13.6. The van der Waals surface area contributed by atoms with E-state index >= 15 is 0 Å². The predicted octanol–water partition coefficient (Wildman–Crippen LogP) is 4.05. The molecule has 1 N–H and O–H groups in total. The molecular weight excluding hydrogens is 327 g/mol. The molecule has 1 heterocycles. The van der Waals surface area contributed by atoms with Gasteiger partial charge in [0.2, 0.25) is 0 Å². The summed E-state index contributed by atoms with van der Waals surface area (Å²) in [6, 6.07) is 13.0. The van der Waals surface area contributed by atoms with Crippen LogP contribution in [-0.4, -0.2) is 25.0 Å². The van der Waals surface area contributed by atoms with E-state index in [9.17, 15) is 9.18 Å². The standard InChI is InChI=1S/C19H20ClFN2O/c1-13-11-14-5-2-3-6-18(14)23(13)10-4-9-22-19(24)16-8-7-15(20)12-17(16)21/h2-3,5-8,12-13H,4,9-11H2,1H3,(H,22,24)/t13-/m1/s1. The Morgan fingerprint density at radius 1 is 1.33 bits per heavy atom. The van der Waals surface area contributed by atoms with Crippen LogP contribution in [0.4, 0.5) is 10.1 Å². The molecule has 1 aliphatic rings. The first-order chi connectivity index (χ1) is 11.6. The lowest BCUT2D eigenvalue weighted by Gasteiger charge is -2.24. The van der Waals surface area contributed by atoms with Crippen molar-refractivity contribution < 1.29 is 9.18 Å². The Balaban J connectivity index is 1.51. The van der Waals surface area contributed by atoms with Gasteiger partial charge in [0.05, 0.1) is 5.56 Å². The number of anilines is 1. The minimum Gasteiger partial charge on any atom is -0.368 e. The average Bonchev–Trinajstić information content (AvgIpc) is 2.87. The third kappa shape index (κ3) is 3.54. The number of halogens is 2. The molecule has 24 heavy (non-hydrogen) atoms. The Hall–Kier alpha value is -2.07. The molecule has 0 aliphatic carbocycles. The number of nitrogens with one attached hydrogen (secondary N) is 1. The van der Waals surface area contributed by atoms with E-state index in [1.54, 1.807) is 0 Å². The Labute approximate surface area is 146 Å². The van der Waals surface area contributed by atoms with Crippen LogP contribution in [0.25, 0.3) is 0 Å². The molecule has 0 radical (unpaired) electrons. The average molecular weight is 347 g/mol. The molecule has 5 heteroatoms. The van der Waals surface area contributed by atoms with Crippen LogP contribution in [0.5, 0.6) is 0 Å². The summed E-state index contributed by atoms with van der Waals surface area (Å²) in [5, 5.41) is 3.06. The smallest absolute Gasteiger partial charge is 0.254 e.